The molecule has 8 nitrogen and oxygen atoms in total. The Labute approximate surface area is 238 Å². The number of amides is 1. The van der Waals surface area contributed by atoms with Crippen molar-refractivity contribution in [1.29, 1.82) is 0 Å². The van der Waals surface area contributed by atoms with Crippen LogP contribution in [0.3, 0.4) is 0 Å². The van der Waals surface area contributed by atoms with Gasteiger partial charge in [-0.25, -0.2) is 4.98 Å². The van der Waals surface area contributed by atoms with Gasteiger partial charge in [-0.15, -0.1) is 0 Å². The Morgan fingerprint density at radius 1 is 0.902 bits per heavy atom. The molecule has 1 aliphatic carbocycles. The summed E-state index contributed by atoms with van der Waals surface area (Å²) in [4.78, 5) is 34.9. The minimum Gasteiger partial charge on any atom is -0.337 e. The Kier molecular flexibility index (Phi) is 6.60. The highest BCUT2D eigenvalue weighted by Gasteiger charge is 2.24. The van der Waals surface area contributed by atoms with Gasteiger partial charge in [0.2, 0.25) is 5.91 Å². The van der Waals surface area contributed by atoms with E-state index in [0.29, 0.717) is 6.67 Å². The number of anilines is 1. The van der Waals surface area contributed by atoms with Crippen LogP contribution in [0, 0.1) is 5.92 Å². The Hall–Kier alpha value is -4.69. The molecule has 0 bridgehead atoms. The van der Waals surface area contributed by atoms with Gasteiger partial charge in [0.05, 0.1) is 29.6 Å². The van der Waals surface area contributed by atoms with Gasteiger partial charge in [-0.3, -0.25) is 25.1 Å². The average molecular weight is 542 g/mol. The van der Waals surface area contributed by atoms with Crippen molar-refractivity contribution in [3.05, 3.63) is 96.3 Å². The van der Waals surface area contributed by atoms with Gasteiger partial charge in [0.1, 0.15) is 5.71 Å². The van der Waals surface area contributed by atoms with Crippen molar-refractivity contribution in [2.24, 2.45) is 10.9 Å². The number of H-pyrrole nitrogens is 1. The van der Waals surface area contributed by atoms with Crippen molar-refractivity contribution in [2.75, 3.05) is 12.0 Å². The number of aromatic amines is 1. The van der Waals surface area contributed by atoms with Crippen LogP contribution in [-0.4, -0.2) is 38.2 Å². The second-order valence-electron chi connectivity index (χ2n) is 10.8. The first-order chi connectivity index (χ1) is 20.1. The van der Waals surface area contributed by atoms with Crippen molar-refractivity contribution in [2.45, 2.75) is 38.6 Å². The molecule has 5 aromatic rings. The molecule has 0 saturated heterocycles. The highest BCUT2D eigenvalue weighted by atomic mass is 16.1. The normalized spacial score (nSPS) is 17.2. The molecule has 8 heteroatoms. The Morgan fingerprint density at radius 3 is 2.61 bits per heavy atom. The van der Waals surface area contributed by atoms with E-state index in [9.17, 15) is 4.79 Å². The van der Waals surface area contributed by atoms with E-state index >= 15 is 0 Å². The summed E-state index contributed by atoms with van der Waals surface area (Å²) in [6, 6.07) is 18.7. The van der Waals surface area contributed by atoms with Crippen LogP contribution in [0.4, 0.5) is 5.69 Å². The second-order valence-corrected chi connectivity index (χ2v) is 10.8. The van der Waals surface area contributed by atoms with Gasteiger partial charge in [-0.2, -0.15) is 0 Å². The van der Waals surface area contributed by atoms with Crippen LogP contribution < -0.4 is 10.6 Å². The lowest BCUT2D eigenvalue weighted by atomic mass is 9.93. The molecule has 1 aliphatic heterocycles. The molecule has 0 radical (unpaired) electrons. The maximum atomic E-state index is 12.7. The number of carbonyl (C=O) groups is 1. The molecule has 204 valence electrons. The predicted octanol–water partition coefficient (Wildman–Crippen LogP) is 6.27. The third-order valence-electron chi connectivity index (χ3n) is 8.20. The van der Waals surface area contributed by atoms with Crippen molar-refractivity contribution >= 4 is 28.3 Å². The molecule has 1 unspecified atom stereocenters. The lowest BCUT2D eigenvalue weighted by molar-refractivity contribution is -0.119. The number of nitrogens with one attached hydrogen (secondary N) is 3. The summed E-state index contributed by atoms with van der Waals surface area (Å²) in [5, 5.41) is 6.58. The fraction of sp³-hybridized carbons (Fsp3) is 0.242. The van der Waals surface area contributed by atoms with Crippen molar-refractivity contribution in [3.63, 3.8) is 0 Å². The monoisotopic (exact) mass is 541 g/mol. The first kappa shape index (κ1) is 25.3. The van der Waals surface area contributed by atoms with E-state index in [1.807, 2.05) is 36.5 Å². The van der Waals surface area contributed by atoms with Gasteiger partial charge in [0, 0.05) is 47.2 Å². The molecule has 1 saturated carbocycles. The van der Waals surface area contributed by atoms with E-state index in [-0.39, 0.29) is 17.9 Å². The maximum absolute atomic E-state index is 12.7. The summed E-state index contributed by atoms with van der Waals surface area (Å²) in [7, 11) is 0. The van der Waals surface area contributed by atoms with Gasteiger partial charge in [0.15, 0.2) is 5.82 Å². The van der Waals surface area contributed by atoms with E-state index in [4.69, 9.17) is 9.98 Å². The largest absolute Gasteiger partial charge is 0.337 e. The number of fused-ring (bicyclic) bond motifs is 2. The number of pyridine rings is 2. The summed E-state index contributed by atoms with van der Waals surface area (Å²) in [5.74, 6) is 0.919. The fourth-order valence-corrected chi connectivity index (χ4v) is 5.98. The number of para-hydroxylation sites is 1. The zero-order valence-electron chi connectivity index (χ0n) is 22.9. The van der Waals surface area contributed by atoms with Gasteiger partial charge in [-0.1, -0.05) is 37.1 Å². The minimum atomic E-state index is 0.0914. The van der Waals surface area contributed by atoms with Crippen LogP contribution in [0.2, 0.25) is 0 Å². The van der Waals surface area contributed by atoms with E-state index in [2.05, 4.69) is 56.8 Å². The lowest BCUT2D eigenvalue weighted by Gasteiger charge is -2.16. The summed E-state index contributed by atoms with van der Waals surface area (Å²) in [6.45, 7) is 2.64. The Morgan fingerprint density at radius 2 is 1.76 bits per heavy atom. The van der Waals surface area contributed by atoms with Crippen molar-refractivity contribution in [3.8, 4) is 22.3 Å². The molecular weight excluding hydrogens is 510 g/mol. The number of nitrogens with zero attached hydrogens (tertiary/aromatic N) is 4. The number of benzene rings is 2. The van der Waals surface area contributed by atoms with Gasteiger partial charge >= 0.3 is 0 Å². The first-order valence-electron chi connectivity index (χ1n) is 14.2. The number of carbonyl (C=O) groups excluding carboxylic acids is 1. The molecule has 2 aliphatic rings. The van der Waals surface area contributed by atoms with E-state index in [1.165, 1.54) is 0 Å². The van der Waals surface area contributed by atoms with Gasteiger partial charge in [-0.05, 0) is 66.8 Å². The number of aromatic nitrogens is 4. The van der Waals surface area contributed by atoms with Crippen LogP contribution in [0.15, 0.2) is 84.4 Å². The zero-order chi connectivity index (χ0) is 27.8. The third-order valence-corrected chi connectivity index (χ3v) is 8.20. The molecule has 3 N–H and O–H groups in total. The summed E-state index contributed by atoms with van der Waals surface area (Å²) >= 11 is 0. The molecule has 41 heavy (non-hydrogen) atoms. The first-order valence-corrected chi connectivity index (χ1v) is 14.2. The van der Waals surface area contributed by atoms with E-state index in [0.717, 1.165) is 87.3 Å². The number of rotatable bonds is 5. The number of aliphatic imine (C=N–C) groups is 1. The SMILES string of the molecule is CC1NCN=C(c2nc3c(-c4ccncc4)cccc3[nH]2)c2cc(-c3cncc(NC(=O)C4CCCC4)c3)ccc21. The second kappa shape index (κ2) is 10.7. The number of hydrogen-bond donors (Lipinski definition) is 3. The van der Waals surface area contributed by atoms with Crippen LogP contribution >= 0.6 is 0 Å². The number of hydrogen-bond acceptors (Lipinski definition) is 6. The molecule has 0 spiro atoms. The molecule has 1 fully saturated rings. The Balaban J connectivity index is 1.27. The quantitative estimate of drug-likeness (QED) is 0.243. The molecule has 1 atom stereocenters. The van der Waals surface area contributed by atoms with Crippen LogP contribution in [0.5, 0.6) is 0 Å². The summed E-state index contributed by atoms with van der Waals surface area (Å²) < 4.78 is 0. The molecule has 3 aromatic heterocycles. The fourth-order valence-electron chi connectivity index (χ4n) is 5.98. The number of imidazole rings is 1. The molecule has 7 rings (SSSR count). The highest BCUT2D eigenvalue weighted by molar-refractivity contribution is 6.14. The average Bonchev–Trinajstić information content (AvgIpc) is 3.67. The predicted molar refractivity (Wildman–Crippen MR) is 162 cm³/mol. The molecule has 4 heterocycles. The summed E-state index contributed by atoms with van der Waals surface area (Å²) in [5.41, 5.74) is 9.61. The maximum Gasteiger partial charge on any atom is 0.227 e. The molecule has 1 amide bonds. The van der Waals surface area contributed by atoms with E-state index < -0.39 is 0 Å². The third kappa shape index (κ3) is 4.91. The van der Waals surface area contributed by atoms with Crippen LogP contribution in [0.25, 0.3) is 33.3 Å². The van der Waals surface area contributed by atoms with Gasteiger partial charge < -0.3 is 10.3 Å². The molecular formula is C33H31N7O. The summed E-state index contributed by atoms with van der Waals surface area (Å²) in [6.07, 6.45) is 11.3. The van der Waals surface area contributed by atoms with Crippen molar-refractivity contribution < 1.29 is 4.79 Å². The zero-order valence-corrected chi connectivity index (χ0v) is 22.9. The van der Waals surface area contributed by atoms with Crippen LogP contribution in [0.1, 0.15) is 55.6 Å². The van der Waals surface area contributed by atoms with Crippen LogP contribution in [-0.2, 0) is 4.79 Å². The van der Waals surface area contributed by atoms with E-state index in [1.54, 1.807) is 18.6 Å². The lowest BCUT2D eigenvalue weighted by Crippen LogP contribution is -2.20. The topological polar surface area (TPSA) is 108 Å². The highest BCUT2D eigenvalue weighted by Crippen LogP contribution is 2.32. The standard InChI is InChI=1S/C33H31N7O/c1-20-26-10-9-23(24-15-25(18-35-17-24)38-33(41)22-5-2-3-6-22)16-28(26)31(37-19-36-20)32-39-29-8-4-7-27(30(29)40-32)21-11-13-34-14-12-21/h4,7-18,20,22,36H,2-3,5-6,19H2,1H3,(H,38,41)(H,39,40). The minimum absolute atomic E-state index is 0.0914. The van der Waals surface area contributed by atoms with Gasteiger partial charge in [0.25, 0.3) is 0 Å². The smallest absolute Gasteiger partial charge is 0.227 e. The Bertz CT molecular complexity index is 1770. The molecule has 2 aromatic carbocycles. The van der Waals surface area contributed by atoms with Crippen molar-refractivity contribution in [1.82, 2.24) is 25.3 Å².